The molecular weight excluding hydrogens is 265 g/mol. The summed E-state index contributed by atoms with van der Waals surface area (Å²) in [5, 5.41) is 0. The number of benzene rings is 1. The smallest absolute Gasteiger partial charge is 0.372 e. The van der Waals surface area contributed by atoms with Gasteiger partial charge >= 0.3 is 6.18 Å². The van der Waals surface area contributed by atoms with Crippen LogP contribution in [0.5, 0.6) is 0 Å². The van der Waals surface area contributed by atoms with Gasteiger partial charge in [-0.2, -0.15) is 13.2 Å². The number of anilines is 1. The van der Waals surface area contributed by atoms with Crippen LogP contribution in [0.4, 0.5) is 18.9 Å². The van der Waals surface area contributed by atoms with E-state index in [-0.39, 0.29) is 12.1 Å². The van der Waals surface area contributed by atoms with Crippen molar-refractivity contribution in [1.29, 1.82) is 0 Å². The molecule has 0 aliphatic carbocycles. The van der Waals surface area contributed by atoms with E-state index in [9.17, 15) is 13.2 Å². The van der Waals surface area contributed by atoms with Crippen LogP contribution >= 0.6 is 0 Å². The lowest BCUT2D eigenvalue weighted by molar-refractivity contribution is -0.138. The highest BCUT2D eigenvalue weighted by molar-refractivity contribution is 5.51. The van der Waals surface area contributed by atoms with E-state index >= 15 is 0 Å². The first-order valence-corrected chi connectivity index (χ1v) is 7.17. The van der Waals surface area contributed by atoms with Gasteiger partial charge in [-0.3, -0.25) is 0 Å². The Hall–Kier alpha value is -1.23. The molecule has 0 radical (unpaired) electrons. The number of hydrogen-bond acceptors (Lipinski definition) is 2. The zero-order valence-electron chi connectivity index (χ0n) is 11.5. The van der Waals surface area contributed by atoms with Crippen LogP contribution in [0, 0.1) is 0 Å². The van der Waals surface area contributed by atoms with E-state index in [1.54, 1.807) is 12.1 Å². The molecule has 2 rings (SSSR count). The maximum atomic E-state index is 12.9. The fourth-order valence-corrected chi connectivity index (χ4v) is 2.73. The van der Waals surface area contributed by atoms with Gasteiger partial charge in [0.05, 0.1) is 5.56 Å². The van der Waals surface area contributed by atoms with Gasteiger partial charge < -0.3 is 10.6 Å². The van der Waals surface area contributed by atoms with Gasteiger partial charge in [0.2, 0.25) is 0 Å². The third-order valence-corrected chi connectivity index (χ3v) is 3.84. The summed E-state index contributed by atoms with van der Waals surface area (Å²) in [4.78, 5) is 2.18. The Morgan fingerprint density at radius 3 is 2.15 bits per heavy atom. The van der Waals surface area contributed by atoms with E-state index in [1.807, 2.05) is 0 Å². The molecular formula is C15H21F3N2. The van der Waals surface area contributed by atoms with Crippen molar-refractivity contribution in [3.63, 3.8) is 0 Å². The fourth-order valence-electron chi connectivity index (χ4n) is 2.73. The molecule has 0 unspecified atom stereocenters. The summed E-state index contributed by atoms with van der Waals surface area (Å²) in [6.07, 6.45) is 1.51. The van der Waals surface area contributed by atoms with Crippen molar-refractivity contribution >= 4 is 5.69 Å². The Labute approximate surface area is 117 Å². The molecule has 5 heteroatoms. The molecule has 0 saturated carbocycles. The second-order valence-electron chi connectivity index (χ2n) is 5.30. The third-order valence-electron chi connectivity index (χ3n) is 3.84. The maximum Gasteiger partial charge on any atom is 0.416 e. The molecule has 0 amide bonds. The molecule has 0 aromatic heterocycles. The lowest BCUT2D eigenvalue weighted by Gasteiger charge is -2.28. The highest BCUT2D eigenvalue weighted by Crippen LogP contribution is 2.34. The Morgan fingerprint density at radius 1 is 1.00 bits per heavy atom. The maximum absolute atomic E-state index is 12.9. The molecule has 0 bridgehead atoms. The van der Waals surface area contributed by atoms with Crippen LogP contribution in [0.1, 0.15) is 43.2 Å². The second kappa shape index (κ2) is 6.48. The monoisotopic (exact) mass is 286 g/mol. The van der Waals surface area contributed by atoms with Crippen molar-refractivity contribution < 1.29 is 13.2 Å². The van der Waals surface area contributed by atoms with E-state index in [0.717, 1.165) is 37.7 Å². The highest BCUT2D eigenvalue weighted by atomic mass is 19.4. The van der Waals surface area contributed by atoms with Crippen molar-refractivity contribution in [2.24, 2.45) is 5.73 Å². The minimum atomic E-state index is -4.33. The minimum absolute atomic E-state index is 0.0868. The normalized spacial score (nSPS) is 17.7. The van der Waals surface area contributed by atoms with Gasteiger partial charge in [-0.15, -0.1) is 0 Å². The molecule has 1 fully saturated rings. The summed E-state index contributed by atoms with van der Waals surface area (Å²) >= 11 is 0. The quantitative estimate of drug-likeness (QED) is 0.892. The predicted molar refractivity (Wildman–Crippen MR) is 74.6 cm³/mol. The predicted octanol–water partition coefficient (Wildman–Crippen LogP) is 3.93. The van der Waals surface area contributed by atoms with Crippen LogP contribution in [0.2, 0.25) is 0 Å². The Kier molecular flexibility index (Phi) is 4.91. The molecule has 1 aliphatic rings. The fraction of sp³-hybridized carbons (Fsp3) is 0.600. The van der Waals surface area contributed by atoms with Crippen LogP contribution in [0.15, 0.2) is 18.2 Å². The summed E-state index contributed by atoms with van der Waals surface area (Å²) in [5.41, 5.74) is 5.91. The van der Waals surface area contributed by atoms with Crippen molar-refractivity contribution in [3.05, 3.63) is 29.3 Å². The van der Waals surface area contributed by atoms with E-state index in [0.29, 0.717) is 0 Å². The van der Waals surface area contributed by atoms with Gasteiger partial charge in [-0.25, -0.2) is 0 Å². The summed E-state index contributed by atoms with van der Waals surface area (Å²) in [6.45, 7) is 1.74. The molecule has 0 spiro atoms. The van der Waals surface area contributed by atoms with Crippen molar-refractivity contribution in [1.82, 2.24) is 0 Å². The van der Waals surface area contributed by atoms with Gasteiger partial charge in [0.15, 0.2) is 0 Å². The number of hydrogen-bond donors (Lipinski definition) is 1. The molecule has 2 N–H and O–H groups in total. The standard InChI is InChI=1S/C15H21F3N2/c16-15(17,18)14-7-6-13(10-12(14)11-19)20-8-4-2-1-3-5-9-20/h6-7,10H,1-5,8-9,11,19H2. The number of rotatable bonds is 2. The van der Waals surface area contributed by atoms with Gasteiger partial charge in [0.25, 0.3) is 0 Å². The minimum Gasteiger partial charge on any atom is -0.372 e. The van der Waals surface area contributed by atoms with Gasteiger partial charge in [0, 0.05) is 25.3 Å². The third kappa shape index (κ3) is 3.66. The van der Waals surface area contributed by atoms with Crippen LogP contribution in [0.3, 0.4) is 0 Å². The number of nitrogens with two attached hydrogens (primary N) is 1. The Morgan fingerprint density at radius 2 is 1.60 bits per heavy atom. The van der Waals surface area contributed by atoms with E-state index in [4.69, 9.17) is 5.73 Å². The first-order chi connectivity index (χ1) is 9.52. The zero-order valence-corrected chi connectivity index (χ0v) is 11.5. The molecule has 0 atom stereocenters. The van der Waals surface area contributed by atoms with Crippen LogP contribution < -0.4 is 10.6 Å². The number of nitrogens with zero attached hydrogens (tertiary/aromatic N) is 1. The van der Waals surface area contributed by atoms with Gasteiger partial charge in [0.1, 0.15) is 0 Å². The summed E-state index contributed by atoms with van der Waals surface area (Å²) in [6, 6.07) is 4.34. The highest BCUT2D eigenvalue weighted by Gasteiger charge is 2.33. The van der Waals surface area contributed by atoms with E-state index in [2.05, 4.69) is 4.90 Å². The molecule has 2 nitrogen and oxygen atoms in total. The lowest BCUT2D eigenvalue weighted by Crippen LogP contribution is -2.27. The average Bonchev–Trinajstić information content (AvgIpc) is 2.36. The lowest BCUT2D eigenvalue weighted by atomic mass is 10.0. The molecule has 112 valence electrons. The topological polar surface area (TPSA) is 29.3 Å². The second-order valence-corrected chi connectivity index (χ2v) is 5.30. The van der Waals surface area contributed by atoms with Crippen molar-refractivity contribution in [2.75, 3.05) is 18.0 Å². The van der Waals surface area contributed by atoms with Gasteiger partial charge in [-0.1, -0.05) is 19.3 Å². The zero-order chi connectivity index (χ0) is 14.6. The number of halogens is 3. The molecule has 20 heavy (non-hydrogen) atoms. The van der Waals surface area contributed by atoms with Crippen LogP contribution in [-0.2, 0) is 12.7 Å². The van der Waals surface area contributed by atoms with Crippen molar-refractivity contribution in [3.8, 4) is 0 Å². The number of alkyl halides is 3. The first-order valence-electron chi connectivity index (χ1n) is 7.17. The Balaban J connectivity index is 2.23. The summed E-state index contributed by atoms with van der Waals surface area (Å²) in [7, 11) is 0. The first kappa shape index (κ1) is 15.2. The average molecular weight is 286 g/mol. The Bertz CT molecular complexity index is 435. The SMILES string of the molecule is NCc1cc(N2CCCCCCC2)ccc1C(F)(F)F. The largest absolute Gasteiger partial charge is 0.416 e. The summed E-state index contributed by atoms with van der Waals surface area (Å²) in [5.74, 6) is 0. The summed E-state index contributed by atoms with van der Waals surface area (Å²) < 4.78 is 38.6. The van der Waals surface area contributed by atoms with E-state index < -0.39 is 11.7 Å². The van der Waals surface area contributed by atoms with Crippen LogP contribution in [0.25, 0.3) is 0 Å². The van der Waals surface area contributed by atoms with Crippen LogP contribution in [-0.4, -0.2) is 13.1 Å². The van der Waals surface area contributed by atoms with E-state index in [1.165, 1.54) is 19.3 Å². The van der Waals surface area contributed by atoms with Crippen molar-refractivity contribution in [2.45, 2.75) is 44.8 Å². The molecule has 1 aliphatic heterocycles. The molecule has 1 aromatic carbocycles. The molecule has 1 aromatic rings. The van der Waals surface area contributed by atoms with Gasteiger partial charge in [-0.05, 0) is 36.6 Å². The molecule has 1 saturated heterocycles. The molecule has 1 heterocycles.